The van der Waals surface area contributed by atoms with Crippen LogP contribution in [0.2, 0.25) is 0 Å². The standard InChI is InChI=1S/C16H23N/c1-4-9-14(3)16(13-17,12-5-2)15-10-7-6-8-11-15/h6-8,10-11,14H,4-5,9,12H2,1-3H3. The third-order valence-corrected chi connectivity index (χ3v) is 3.70. The average Bonchev–Trinajstić information content (AvgIpc) is 2.37. The zero-order valence-corrected chi connectivity index (χ0v) is 11.2. The highest BCUT2D eigenvalue weighted by atomic mass is 14.4. The molecule has 0 heterocycles. The van der Waals surface area contributed by atoms with Crippen LogP contribution in [0.25, 0.3) is 0 Å². The maximum atomic E-state index is 9.71. The number of hydrogen-bond donors (Lipinski definition) is 0. The number of rotatable bonds is 6. The molecule has 0 saturated carbocycles. The maximum absolute atomic E-state index is 9.71. The molecule has 0 aliphatic heterocycles. The minimum atomic E-state index is -0.300. The van der Waals surface area contributed by atoms with E-state index in [0.29, 0.717) is 5.92 Å². The molecule has 0 radical (unpaired) electrons. The van der Waals surface area contributed by atoms with Crippen LogP contribution in [0.5, 0.6) is 0 Å². The molecular weight excluding hydrogens is 206 g/mol. The van der Waals surface area contributed by atoms with Gasteiger partial charge in [0.15, 0.2) is 0 Å². The molecule has 1 rings (SSSR count). The van der Waals surface area contributed by atoms with Crippen LogP contribution >= 0.6 is 0 Å². The van der Waals surface area contributed by atoms with E-state index >= 15 is 0 Å². The molecule has 1 heteroatoms. The molecule has 0 aromatic heterocycles. The topological polar surface area (TPSA) is 23.8 Å². The molecule has 1 aromatic rings. The third kappa shape index (κ3) is 2.88. The normalized spacial score (nSPS) is 15.9. The molecule has 2 unspecified atom stereocenters. The fourth-order valence-electron chi connectivity index (χ4n) is 2.72. The first-order valence-electron chi connectivity index (χ1n) is 6.68. The van der Waals surface area contributed by atoms with E-state index < -0.39 is 0 Å². The number of nitrogens with zero attached hydrogens (tertiary/aromatic N) is 1. The molecule has 92 valence electrons. The molecule has 17 heavy (non-hydrogen) atoms. The lowest BCUT2D eigenvalue weighted by Crippen LogP contribution is -2.32. The summed E-state index contributed by atoms with van der Waals surface area (Å²) in [6.45, 7) is 6.57. The summed E-state index contributed by atoms with van der Waals surface area (Å²) in [5.74, 6) is 0.417. The Bertz CT molecular complexity index is 363. The van der Waals surface area contributed by atoms with E-state index in [1.165, 1.54) is 5.56 Å². The molecule has 0 fully saturated rings. The van der Waals surface area contributed by atoms with Gasteiger partial charge in [0.05, 0.1) is 11.5 Å². The van der Waals surface area contributed by atoms with E-state index in [1.54, 1.807) is 0 Å². The van der Waals surface area contributed by atoms with Crippen molar-refractivity contribution in [3.05, 3.63) is 35.9 Å². The van der Waals surface area contributed by atoms with Gasteiger partial charge in [-0.05, 0) is 24.3 Å². The van der Waals surface area contributed by atoms with Gasteiger partial charge < -0.3 is 0 Å². The van der Waals surface area contributed by atoms with Crippen molar-refractivity contribution in [3.63, 3.8) is 0 Å². The Hall–Kier alpha value is -1.29. The predicted octanol–water partition coefficient (Wildman–Crippen LogP) is 4.68. The van der Waals surface area contributed by atoms with E-state index in [1.807, 2.05) is 18.2 Å². The summed E-state index contributed by atoms with van der Waals surface area (Å²) >= 11 is 0. The van der Waals surface area contributed by atoms with Crippen molar-refractivity contribution in [1.82, 2.24) is 0 Å². The molecule has 0 spiro atoms. The van der Waals surface area contributed by atoms with Crippen LogP contribution in [0.4, 0.5) is 0 Å². The van der Waals surface area contributed by atoms with Crippen molar-refractivity contribution < 1.29 is 0 Å². The van der Waals surface area contributed by atoms with Crippen LogP contribution in [0.3, 0.4) is 0 Å². The molecule has 1 aromatic carbocycles. The first-order valence-corrected chi connectivity index (χ1v) is 6.68. The summed E-state index contributed by atoms with van der Waals surface area (Å²) in [5, 5.41) is 9.71. The fourth-order valence-corrected chi connectivity index (χ4v) is 2.72. The van der Waals surface area contributed by atoms with Gasteiger partial charge in [0.25, 0.3) is 0 Å². The second-order valence-corrected chi connectivity index (χ2v) is 4.89. The molecule has 0 bridgehead atoms. The van der Waals surface area contributed by atoms with E-state index in [-0.39, 0.29) is 5.41 Å². The molecule has 1 nitrogen and oxygen atoms in total. The zero-order valence-electron chi connectivity index (χ0n) is 11.2. The van der Waals surface area contributed by atoms with Crippen LogP contribution in [0.15, 0.2) is 30.3 Å². The summed E-state index contributed by atoms with van der Waals surface area (Å²) in [7, 11) is 0. The molecule has 0 aliphatic carbocycles. The largest absolute Gasteiger partial charge is 0.197 e. The van der Waals surface area contributed by atoms with Gasteiger partial charge in [-0.1, -0.05) is 63.9 Å². The van der Waals surface area contributed by atoms with E-state index in [2.05, 4.69) is 39.0 Å². The van der Waals surface area contributed by atoms with Gasteiger partial charge in [0.1, 0.15) is 0 Å². The quantitative estimate of drug-likeness (QED) is 0.694. The summed E-state index contributed by atoms with van der Waals surface area (Å²) < 4.78 is 0. The van der Waals surface area contributed by atoms with Crippen molar-refractivity contribution in [2.45, 2.75) is 51.9 Å². The smallest absolute Gasteiger partial charge is 0.0847 e. The predicted molar refractivity (Wildman–Crippen MR) is 72.7 cm³/mol. The second kappa shape index (κ2) is 6.45. The summed E-state index contributed by atoms with van der Waals surface area (Å²) in [4.78, 5) is 0. The van der Waals surface area contributed by atoms with Crippen LogP contribution in [-0.2, 0) is 5.41 Å². The average molecular weight is 229 g/mol. The zero-order chi connectivity index (χ0) is 12.7. The first kappa shape index (κ1) is 13.8. The molecule has 2 atom stereocenters. The van der Waals surface area contributed by atoms with Crippen LogP contribution in [0.1, 0.15) is 52.0 Å². The Morgan fingerprint density at radius 3 is 2.29 bits per heavy atom. The first-order chi connectivity index (χ1) is 8.21. The van der Waals surface area contributed by atoms with Crippen molar-refractivity contribution >= 4 is 0 Å². The van der Waals surface area contributed by atoms with Gasteiger partial charge in [0.2, 0.25) is 0 Å². The van der Waals surface area contributed by atoms with Crippen LogP contribution < -0.4 is 0 Å². The highest BCUT2D eigenvalue weighted by Crippen LogP contribution is 2.38. The van der Waals surface area contributed by atoms with E-state index in [4.69, 9.17) is 0 Å². The van der Waals surface area contributed by atoms with Crippen molar-refractivity contribution in [1.29, 1.82) is 5.26 Å². The summed E-state index contributed by atoms with van der Waals surface area (Å²) in [6, 6.07) is 12.9. The highest BCUT2D eigenvalue weighted by molar-refractivity contribution is 5.33. The van der Waals surface area contributed by atoms with Crippen molar-refractivity contribution in [2.75, 3.05) is 0 Å². The molecule has 0 N–H and O–H groups in total. The summed E-state index contributed by atoms with van der Waals surface area (Å²) in [5.41, 5.74) is 0.886. The number of hydrogen-bond acceptors (Lipinski definition) is 1. The maximum Gasteiger partial charge on any atom is 0.0847 e. The van der Waals surface area contributed by atoms with Crippen molar-refractivity contribution in [3.8, 4) is 6.07 Å². The molecular formula is C16H23N. The second-order valence-electron chi connectivity index (χ2n) is 4.89. The number of benzene rings is 1. The minimum Gasteiger partial charge on any atom is -0.197 e. The Balaban J connectivity index is 3.14. The molecule has 0 saturated heterocycles. The summed E-state index contributed by atoms with van der Waals surface area (Å²) in [6.07, 6.45) is 4.26. The Morgan fingerprint density at radius 2 is 1.82 bits per heavy atom. The Kier molecular flexibility index (Phi) is 5.22. The van der Waals surface area contributed by atoms with Gasteiger partial charge in [-0.3, -0.25) is 0 Å². The van der Waals surface area contributed by atoms with Crippen LogP contribution in [0, 0.1) is 17.2 Å². The van der Waals surface area contributed by atoms with E-state index in [9.17, 15) is 5.26 Å². The number of nitriles is 1. The van der Waals surface area contributed by atoms with Crippen molar-refractivity contribution in [2.24, 2.45) is 5.92 Å². The monoisotopic (exact) mass is 229 g/mol. The Morgan fingerprint density at radius 1 is 1.18 bits per heavy atom. The van der Waals surface area contributed by atoms with Gasteiger partial charge in [-0.25, -0.2) is 0 Å². The highest BCUT2D eigenvalue weighted by Gasteiger charge is 2.36. The molecule has 0 aliphatic rings. The van der Waals surface area contributed by atoms with Gasteiger partial charge >= 0.3 is 0 Å². The SMILES string of the molecule is CCCC(C)C(C#N)(CCC)c1ccccc1. The third-order valence-electron chi connectivity index (χ3n) is 3.70. The van der Waals surface area contributed by atoms with Crippen LogP contribution in [-0.4, -0.2) is 0 Å². The minimum absolute atomic E-state index is 0.300. The molecule has 0 amide bonds. The fraction of sp³-hybridized carbons (Fsp3) is 0.562. The lowest BCUT2D eigenvalue weighted by atomic mass is 9.68. The lowest BCUT2D eigenvalue weighted by Gasteiger charge is -2.33. The van der Waals surface area contributed by atoms with E-state index in [0.717, 1.165) is 25.7 Å². The van der Waals surface area contributed by atoms with Gasteiger partial charge in [-0.2, -0.15) is 5.26 Å². The Labute approximate surface area is 105 Å². The van der Waals surface area contributed by atoms with Gasteiger partial charge in [0, 0.05) is 0 Å². The lowest BCUT2D eigenvalue weighted by molar-refractivity contribution is 0.319. The van der Waals surface area contributed by atoms with Gasteiger partial charge in [-0.15, -0.1) is 0 Å².